The van der Waals surface area contributed by atoms with Crippen LogP contribution in [0.2, 0.25) is 0 Å². The van der Waals surface area contributed by atoms with Crippen LogP contribution in [0.3, 0.4) is 0 Å². The van der Waals surface area contributed by atoms with Crippen LogP contribution < -0.4 is 10.5 Å². The first-order valence-corrected chi connectivity index (χ1v) is 9.01. The molecule has 5 heteroatoms. The largest absolute Gasteiger partial charge is 0.298 e. The van der Waals surface area contributed by atoms with Gasteiger partial charge in [0.25, 0.3) is 5.56 Å². The van der Waals surface area contributed by atoms with Crippen molar-refractivity contribution in [1.82, 2.24) is 14.5 Å². The number of rotatable bonds is 4. The van der Waals surface area contributed by atoms with Gasteiger partial charge < -0.3 is 0 Å². The van der Waals surface area contributed by atoms with E-state index in [0.717, 1.165) is 42.5 Å². The molecule has 0 fully saturated rings. The summed E-state index contributed by atoms with van der Waals surface area (Å²) >= 11 is 0. The molecular formula is C20H28N4O. The van der Waals surface area contributed by atoms with Gasteiger partial charge in [0.1, 0.15) is 0 Å². The molecule has 0 saturated carbocycles. The van der Waals surface area contributed by atoms with E-state index in [1.165, 1.54) is 5.56 Å². The van der Waals surface area contributed by atoms with Crippen molar-refractivity contribution in [3.8, 4) is 0 Å². The molecule has 1 aromatic heterocycles. The topological polar surface area (TPSA) is 41.4 Å². The van der Waals surface area contributed by atoms with Gasteiger partial charge in [-0.3, -0.25) is 19.2 Å². The molecule has 0 N–H and O–H groups in total. The average molecular weight is 340 g/mol. The molecule has 3 rings (SSSR count). The molecule has 0 radical (unpaired) electrons. The summed E-state index contributed by atoms with van der Waals surface area (Å²) < 4.78 is 1.81. The minimum atomic E-state index is 0.0643. The number of nitrogens with zero attached hydrogens (tertiary/aromatic N) is 4. The molecule has 1 aliphatic rings. The zero-order chi connectivity index (χ0) is 18.1. The zero-order valence-corrected chi connectivity index (χ0v) is 15.9. The molecule has 0 saturated heterocycles. The Morgan fingerprint density at radius 3 is 2.60 bits per heavy atom. The highest BCUT2D eigenvalue weighted by Crippen LogP contribution is 2.28. The van der Waals surface area contributed by atoms with Gasteiger partial charge in [0.15, 0.2) is 0 Å². The molecule has 1 aliphatic heterocycles. The minimum Gasteiger partial charge on any atom is -0.298 e. The lowest BCUT2D eigenvalue weighted by Crippen LogP contribution is -2.48. The fourth-order valence-electron chi connectivity index (χ4n) is 3.16. The van der Waals surface area contributed by atoms with Crippen molar-refractivity contribution in [3.05, 3.63) is 51.4 Å². The standard InChI is InChI=1S/C20H28N4O/c1-14(2)9-10-22-12-23(18-8-6-7-15(3)11-18)20-21-17(5)16(4)19(25)24(20)13-22/h6-8,11,14H,9-10,12-13H2,1-5H3. The van der Waals surface area contributed by atoms with Crippen molar-refractivity contribution >= 4 is 11.6 Å². The molecule has 25 heavy (non-hydrogen) atoms. The number of aromatic nitrogens is 2. The van der Waals surface area contributed by atoms with Crippen molar-refractivity contribution in [1.29, 1.82) is 0 Å². The molecule has 5 nitrogen and oxygen atoms in total. The first kappa shape index (κ1) is 17.7. The van der Waals surface area contributed by atoms with Crippen LogP contribution in [0.15, 0.2) is 29.1 Å². The van der Waals surface area contributed by atoms with Gasteiger partial charge in [0.05, 0.1) is 13.3 Å². The third kappa shape index (κ3) is 3.61. The summed E-state index contributed by atoms with van der Waals surface area (Å²) in [6, 6.07) is 8.38. The fraction of sp³-hybridized carbons (Fsp3) is 0.500. The molecule has 0 amide bonds. The molecule has 0 unspecified atom stereocenters. The highest BCUT2D eigenvalue weighted by molar-refractivity contribution is 5.59. The Morgan fingerprint density at radius 2 is 1.92 bits per heavy atom. The lowest BCUT2D eigenvalue weighted by Gasteiger charge is -2.38. The molecule has 2 aromatic rings. The van der Waals surface area contributed by atoms with E-state index in [4.69, 9.17) is 4.98 Å². The smallest absolute Gasteiger partial charge is 0.259 e. The van der Waals surface area contributed by atoms with Crippen LogP contribution in [0.25, 0.3) is 0 Å². The van der Waals surface area contributed by atoms with Gasteiger partial charge >= 0.3 is 0 Å². The van der Waals surface area contributed by atoms with E-state index in [9.17, 15) is 4.79 Å². The first-order chi connectivity index (χ1) is 11.9. The number of benzene rings is 1. The third-order valence-electron chi connectivity index (χ3n) is 4.88. The Balaban J connectivity index is 2.06. The Bertz CT molecular complexity index is 825. The maximum Gasteiger partial charge on any atom is 0.259 e. The highest BCUT2D eigenvalue weighted by Gasteiger charge is 2.27. The fourth-order valence-corrected chi connectivity index (χ4v) is 3.16. The maximum atomic E-state index is 12.8. The lowest BCUT2D eigenvalue weighted by molar-refractivity contribution is 0.188. The number of fused-ring (bicyclic) bond motifs is 1. The van der Waals surface area contributed by atoms with Gasteiger partial charge in [0.2, 0.25) is 5.95 Å². The predicted octanol–water partition coefficient (Wildman–Crippen LogP) is 3.58. The summed E-state index contributed by atoms with van der Waals surface area (Å²) in [7, 11) is 0. The number of hydrogen-bond acceptors (Lipinski definition) is 4. The van der Waals surface area contributed by atoms with Crippen molar-refractivity contribution in [2.75, 3.05) is 18.1 Å². The minimum absolute atomic E-state index is 0.0643. The van der Waals surface area contributed by atoms with Crippen LogP contribution in [0.4, 0.5) is 11.6 Å². The second-order valence-electron chi connectivity index (χ2n) is 7.48. The van der Waals surface area contributed by atoms with E-state index in [1.807, 2.05) is 18.4 Å². The van der Waals surface area contributed by atoms with Gasteiger partial charge in [-0.25, -0.2) is 4.98 Å². The Kier molecular flexibility index (Phi) is 4.95. The Hall–Kier alpha value is -2.14. The van der Waals surface area contributed by atoms with Gasteiger partial charge in [0, 0.05) is 23.5 Å². The number of aryl methyl sites for hydroxylation is 2. The first-order valence-electron chi connectivity index (χ1n) is 9.01. The van der Waals surface area contributed by atoms with Crippen molar-refractivity contribution in [3.63, 3.8) is 0 Å². The second-order valence-corrected chi connectivity index (χ2v) is 7.48. The van der Waals surface area contributed by atoms with E-state index in [2.05, 4.69) is 54.8 Å². The quantitative estimate of drug-likeness (QED) is 0.853. The summed E-state index contributed by atoms with van der Waals surface area (Å²) in [6.45, 7) is 12.7. The summed E-state index contributed by atoms with van der Waals surface area (Å²) in [5, 5.41) is 0. The van der Waals surface area contributed by atoms with E-state index in [1.54, 1.807) is 0 Å². The third-order valence-corrected chi connectivity index (χ3v) is 4.88. The molecule has 0 aliphatic carbocycles. The normalized spacial score (nSPS) is 14.9. The summed E-state index contributed by atoms with van der Waals surface area (Å²) in [5.74, 6) is 1.39. The van der Waals surface area contributed by atoms with Crippen LogP contribution in [-0.2, 0) is 6.67 Å². The van der Waals surface area contributed by atoms with Crippen LogP contribution in [0, 0.1) is 26.7 Å². The summed E-state index contributed by atoms with van der Waals surface area (Å²) in [6.07, 6.45) is 1.12. The molecule has 0 bridgehead atoms. The zero-order valence-electron chi connectivity index (χ0n) is 15.9. The summed E-state index contributed by atoms with van der Waals surface area (Å²) in [5.41, 5.74) is 3.89. The molecule has 2 heterocycles. The number of anilines is 2. The van der Waals surface area contributed by atoms with Gasteiger partial charge in [-0.15, -0.1) is 0 Å². The monoisotopic (exact) mass is 340 g/mol. The average Bonchev–Trinajstić information content (AvgIpc) is 2.58. The molecular weight excluding hydrogens is 312 g/mol. The maximum absolute atomic E-state index is 12.8. The van der Waals surface area contributed by atoms with E-state index >= 15 is 0 Å². The molecule has 0 atom stereocenters. The lowest BCUT2D eigenvalue weighted by atomic mass is 10.1. The van der Waals surface area contributed by atoms with Crippen molar-refractivity contribution < 1.29 is 0 Å². The van der Waals surface area contributed by atoms with Crippen molar-refractivity contribution in [2.24, 2.45) is 5.92 Å². The van der Waals surface area contributed by atoms with E-state index < -0.39 is 0 Å². The van der Waals surface area contributed by atoms with E-state index in [0.29, 0.717) is 12.6 Å². The Labute approximate surface area is 149 Å². The molecule has 134 valence electrons. The second kappa shape index (κ2) is 7.00. The number of hydrogen-bond donors (Lipinski definition) is 0. The van der Waals surface area contributed by atoms with Crippen LogP contribution in [0.1, 0.15) is 37.1 Å². The van der Waals surface area contributed by atoms with Crippen molar-refractivity contribution in [2.45, 2.75) is 47.7 Å². The highest BCUT2D eigenvalue weighted by atomic mass is 16.1. The molecule has 0 spiro atoms. The van der Waals surface area contributed by atoms with Crippen LogP contribution >= 0.6 is 0 Å². The Morgan fingerprint density at radius 1 is 1.16 bits per heavy atom. The molecule has 1 aromatic carbocycles. The van der Waals surface area contributed by atoms with Crippen LogP contribution in [0.5, 0.6) is 0 Å². The SMILES string of the molecule is Cc1cccc(N2CN(CCC(C)C)Cn3c2nc(C)c(C)c3=O)c1. The predicted molar refractivity (Wildman–Crippen MR) is 102 cm³/mol. The van der Waals surface area contributed by atoms with Gasteiger partial charge in [-0.1, -0.05) is 26.0 Å². The van der Waals surface area contributed by atoms with Gasteiger partial charge in [-0.2, -0.15) is 0 Å². The van der Waals surface area contributed by atoms with Gasteiger partial charge in [-0.05, 0) is 50.8 Å². The van der Waals surface area contributed by atoms with Crippen LogP contribution in [-0.4, -0.2) is 27.7 Å². The summed E-state index contributed by atoms with van der Waals surface area (Å²) in [4.78, 5) is 22.1. The van der Waals surface area contributed by atoms with E-state index in [-0.39, 0.29) is 5.56 Å².